The lowest BCUT2D eigenvalue weighted by atomic mass is 10.0. The third-order valence-corrected chi connectivity index (χ3v) is 2.99. The van der Waals surface area contributed by atoms with Crippen molar-refractivity contribution in [2.45, 2.75) is 6.42 Å². The zero-order valence-corrected chi connectivity index (χ0v) is 11.2. The van der Waals surface area contributed by atoms with Gasteiger partial charge in [-0.1, -0.05) is 22.0 Å². The van der Waals surface area contributed by atoms with Crippen LogP contribution in [-0.2, 0) is 6.42 Å². The number of halogens is 4. The summed E-state index contributed by atoms with van der Waals surface area (Å²) in [7, 11) is 0. The zero-order chi connectivity index (χ0) is 14.0. The highest BCUT2D eigenvalue weighted by Gasteiger charge is 2.11. The van der Waals surface area contributed by atoms with Gasteiger partial charge in [-0.15, -0.1) is 0 Å². The van der Waals surface area contributed by atoms with Crippen LogP contribution in [0.3, 0.4) is 0 Å². The molecule has 0 fully saturated rings. The van der Waals surface area contributed by atoms with Crippen LogP contribution in [0, 0.1) is 17.5 Å². The summed E-state index contributed by atoms with van der Waals surface area (Å²) in [5.41, 5.74) is 0.515. The molecule has 2 aromatic rings. The van der Waals surface area contributed by atoms with Gasteiger partial charge in [-0.2, -0.15) is 0 Å². The van der Waals surface area contributed by atoms with E-state index in [2.05, 4.69) is 15.9 Å². The summed E-state index contributed by atoms with van der Waals surface area (Å²) < 4.78 is 39.4. The van der Waals surface area contributed by atoms with Crippen LogP contribution in [0.25, 0.3) is 0 Å². The molecular weight excluding hydrogens is 321 g/mol. The first kappa shape index (κ1) is 13.8. The van der Waals surface area contributed by atoms with Gasteiger partial charge in [-0.25, -0.2) is 13.2 Å². The minimum absolute atomic E-state index is 0.118. The van der Waals surface area contributed by atoms with Crippen molar-refractivity contribution in [3.8, 4) is 0 Å². The smallest absolute Gasteiger partial charge is 0.167 e. The number of ketones is 1. The molecule has 0 atom stereocenters. The van der Waals surface area contributed by atoms with Gasteiger partial charge in [0.25, 0.3) is 0 Å². The van der Waals surface area contributed by atoms with E-state index in [-0.39, 0.29) is 17.8 Å². The van der Waals surface area contributed by atoms with Gasteiger partial charge in [0, 0.05) is 16.5 Å². The number of hydrogen-bond acceptors (Lipinski definition) is 1. The van der Waals surface area contributed by atoms with E-state index >= 15 is 0 Å². The van der Waals surface area contributed by atoms with Gasteiger partial charge in [-0.05, 0) is 35.9 Å². The quantitative estimate of drug-likeness (QED) is 0.768. The number of carbonyl (C=O) groups is 1. The van der Waals surface area contributed by atoms with E-state index in [1.54, 1.807) is 0 Å². The summed E-state index contributed by atoms with van der Waals surface area (Å²) in [5.74, 6) is -2.88. The largest absolute Gasteiger partial charge is 0.294 e. The van der Waals surface area contributed by atoms with Crippen molar-refractivity contribution in [2.75, 3.05) is 0 Å². The van der Waals surface area contributed by atoms with E-state index in [0.29, 0.717) is 10.0 Å². The molecule has 0 amide bonds. The lowest BCUT2D eigenvalue weighted by Crippen LogP contribution is -2.05. The molecule has 98 valence electrons. The van der Waals surface area contributed by atoms with Gasteiger partial charge in [-0.3, -0.25) is 4.79 Å². The Morgan fingerprint density at radius 3 is 2.37 bits per heavy atom. The van der Waals surface area contributed by atoms with E-state index in [4.69, 9.17) is 0 Å². The first-order valence-electron chi connectivity index (χ1n) is 5.39. The molecule has 0 bridgehead atoms. The maximum absolute atomic E-state index is 13.2. The Hall–Kier alpha value is -1.62. The average molecular weight is 329 g/mol. The first-order valence-corrected chi connectivity index (χ1v) is 6.18. The van der Waals surface area contributed by atoms with Crippen LogP contribution < -0.4 is 0 Å². The van der Waals surface area contributed by atoms with Gasteiger partial charge in [0.15, 0.2) is 17.4 Å². The second-order valence-corrected chi connectivity index (χ2v) is 4.92. The maximum atomic E-state index is 13.2. The van der Waals surface area contributed by atoms with Crippen molar-refractivity contribution in [2.24, 2.45) is 0 Å². The van der Waals surface area contributed by atoms with Gasteiger partial charge < -0.3 is 0 Å². The van der Waals surface area contributed by atoms with E-state index in [1.165, 1.54) is 18.2 Å². The van der Waals surface area contributed by atoms with E-state index in [1.807, 2.05) is 0 Å². The standard InChI is InChI=1S/C14H8BrF3O/c15-10-5-9(6-11(16)7-10)14(19)4-8-1-2-12(17)13(18)3-8/h1-3,5-7H,4H2. The van der Waals surface area contributed by atoms with Crippen molar-refractivity contribution in [1.82, 2.24) is 0 Å². The Kier molecular flexibility index (Phi) is 4.04. The van der Waals surface area contributed by atoms with Crippen LogP contribution in [0.4, 0.5) is 13.2 Å². The van der Waals surface area contributed by atoms with Crippen LogP contribution in [0.1, 0.15) is 15.9 Å². The second kappa shape index (κ2) is 5.57. The Morgan fingerprint density at radius 2 is 1.74 bits per heavy atom. The molecule has 0 heterocycles. The molecule has 0 aromatic heterocycles. The second-order valence-electron chi connectivity index (χ2n) is 4.01. The third-order valence-electron chi connectivity index (χ3n) is 2.53. The Labute approximate surface area is 116 Å². The Morgan fingerprint density at radius 1 is 1.00 bits per heavy atom. The fourth-order valence-corrected chi connectivity index (χ4v) is 2.12. The minimum atomic E-state index is -1.01. The Balaban J connectivity index is 2.22. The maximum Gasteiger partial charge on any atom is 0.167 e. The predicted molar refractivity (Wildman–Crippen MR) is 68.5 cm³/mol. The fraction of sp³-hybridized carbons (Fsp3) is 0.0714. The summed E-state index contributed by atoms with van der Waals surface area (Å²) in [6, 6.07) is 7.05. The summed E-state index contributed by atoms with van der Waals surface area (Å²) >= 11 is 3.09. The van der Waals surface area contributed by atoms with Crippen molar-refractivity contribution < 1.29 is 18.0 Å². The fourth-order valence-electron chi connectivity index (χ4n) is 1.65. The number of benzene rings is 2. The van der Waals surface area contributed by atoms with Gasteiger partial charge in [0.05, 0.1) is 0 Å². The highest BCUT2D eigenvalue weighted by molar-refractivity contribution is 9.10. The van der Waals surface area contributed by atoms with Crippen LogP contribution in [-0.4, -0.2) is 5.78 Å². The normalized spacial score (nSPS) is 10.5. The lowest BCUT2D eigenvalue weighted by Gasteiger charge is -2.03. The van der Waals surface area contributed by atoms with Crippen molar-refractivity contribution in [3.63, 3.8) is 0 Å². The minimum Gasteiger partial charge on any atom is -0.294 e. The van der Waals surface area contributed by atoms with Crippen LogP contribution in [0.5, 0.6) is 0 Å². The molecule has 2 aromatic carbocycles. The molecule has 19 heavy (non-hydrogen) atoms. The molecule has 0 N–H and O–H groups in total. The van der Waals surface area contributed by atoms with E-state index in [9.17, 15) is 18.0 Å². The molecule has 0 aliphatic heterocycles. The van der Waals surface area contributed by atoms with E-state index < -0.39 is 17.5 Å². The zero-order valence-electron chi connectivity index (χ0n) is 9.59. The van der Waals surface area contributed by atoms with Crippen LogP contribution in [0.2, 0.25) is 0 Å². The van der Waals surface area contributed by atoms with E-state index in [0.717, 1.165) is 18.2 Å². The molecule has 0 aliphatic carbocycles. The number of hydrogen-bond donors (Lipinski definition) is 0. The molecular formula is C14H8BrF3O. The number of carbonyl (C=O) groups excluding carboxylic acids is 1. The molecule has 0 radical (unpaired) electrons. The number of Topliss-reactive ketones (excluding diaryl/α,β-unsaturated/α-hetero) is 1. The first-order chi connectivity index (χ1) is 8.95. The molecule has 0 saturated heterocycles. The molecule has 0 spiro atoms. The summed E-state index contributed by atoms with van der Waals surface area (Å²) in [6.07, 6.45) is -0.118. The Bertz CT molecular complexity index is 620. The molecule has 1 nitrogen and oxygen atoms in total. The summed E-state index contributed by atoms with van der Waals surface area (Å²) in [5, 5.41) is 0. The topological polar surface area (TPSA) is 17.1 Å². The predicted octanol–water partition coefficient (Wildman–Crippen LogP) is 4.29. The highest BCUT2D eigenvalue weighted by Crippen LogP contribution is 2.17. The van der Waals surface area contributed by atoms with Gasteiger partial charge in [0.1, 0.15) is 5.82 Å². The average Bonchev–Trinajstić information content (AvgIpc) is 2.32. The lowest BCUT2D eigenvalue weighted by molar-refractivity contribution is 0.0992. The molecule has 0 aliphatic rings. The summed E-state index contributed by atoms with van der Waals surface area (Å²) in [4.78, 5) is 11.9. The molecule has 0 saturated carbocycles. The highest BCUT2D eigenvalue weighted by atomic mass is 79.9. The molecule has 0 unspecified atom stereocenters. The SMILES string of the molecule is O=C(Cc1ccc(F)c(F)c1)c1cc(F)cc(Br)c1. The van der Waals surface area contributed by atoms with Crippen molar-refractivity contribution >= 4 is 21.7 Å². The van der Waals surface area contributed by atoms with Gasteiger partial charge >= 0.3 is 0 Å². The van der Waals surface area contributed by atoms with Crippen LogP contribution >= 0.6 is 15.9 Å². The third kappa shape index (κ3) is 3.44. The van der Waals surface area contributed by atoms with Crippen molar-refractivity contribution in [1.29, 1.82) is 0 Å². The van der Waals surface area contributed by atoms with Gasteiger partial charge in [0.2, 0.25) is 0 Å². The number of rotatable bonds is 3. The van der Waals surface area contributed by atoms with Crippen molar-refractivity contribution in [3.05, 3.63) is 69.4 Å². The summed E-state index contributed by atoms with van der Waals surface area (Å²) in [6.45, 7) is 0. The molecule has 5 heteroatoms. The monoisotopic (exact) mass is 328 g/mol. The molecule has 2 rings (SSSR count). The van der Waals surface area contributed by atoms with Crippen LogP contribution in [0.15, 0.2) is 40.9 Å².